The minimum absolute atomic E-state index is 0.233. The first-order valence-electron chi connectivity index (χ1n) is 7.34. The largest absolute Gasteiger partial charge is 0.381 e. The highest BCUT2D eigenvalue weighted by Crippen LogP contribution is 2.27. The lowest BCUT2D eigenvalue weighted by Crippen LogP contribution is -1.99. The molecule has 1 saturated heterocycles. The highest BCUT2D eigenvalue weighted by atomic mass is 16.5. The topological polar surface area (TPSA) is 76.8 Å². The molecule has 4 rings (SSSR count). The molecule has 0 radical (unpaired) electrons. The molecule has 22 heavy (non-hydrogen) atoms. The number of aromatic amines is 1. The molecule has 0 bridgehead atoms. The van der Waals surface area contributed by atoms with Gasteiger partial charge in [0.15, 0.2) is 5.82 Å². The molecule has 2 aromatic heterocycles. The minimum Gasteiger partial charge on any atom is -0.381 e. The summed E-state index contributed by atoms with van der Waals surface area (Å²) in [4.78, 5) is 4.45. The van der Waals surface area contributed by atoms with Crippen molar-refractivity contribution in [2.45, 2.75) is 19.3 Å². The van der Waals surface area contributed by atoms with Crippen molar-refractivity contribution >= 4 is 0 Å². The Morgan fingerprint density at radius 2 is 2.09 bits per heavy atom. The number of nitrogens with zero attached hydrogens (tertiary/aromatic N) is 3. The third kappa shape index (κ3) is 2.42. The molecular formula is C16H16N4O2. The van der Waals surface area contributed by atoms with Gasteiger partial charge in [0.05, 0.1) is 12.3 Å². The third-order valence-electron chi connectivity index (χ3n) is 3.89. The lowest BCUT2D eigenvalue weighted by molar-refractivity contribution is 0.192. The molecule has 0 unspecified atom stereocenters. The van der Waals surface area contributed by atoms with E-state index in [0.717, 1.165) is 30.0 Å². The Morgan fingerprint density at radius 1 is 1.23 bits per heavy atom. The summed E-state index contributed by atoms with van der Waals surface area (Å²) in [6.07, 6.45) is 0.941. The zero-order valence-electron chi connectivity index (χ0n) is 12.2. The monoisotopic (exact) mass is 296 g/mol. The summed E-state index contributed by atoms with van der Waals surface area (Å²) in [7, 11) is 0. The summed E-state index contributed by atoms with van der Waals surface area (Å²) in [6, 6.07) is 10.1. The van der Waals surface area contributed by atoms with E-state index in [2.05, 4.69) is 39.4 Å². The van der Waals surface area contributed by atoms with Crippen molar-refractivity contribution in [3.05, 3.63) is 41.7 Å². The molecule has 1 aromatic carbocycles. The van der Waals surface area contributed by atoms with Crippen LogP contribution in [-0.4, -0.2) is 33.6 Å². The molecule has 1 atom stereocenters. The van der Waals surface area contributed by atoms with Gasteiger partial charge in [0.25, 0.3) is 5.89 Å². The first kappa shape index (κ1) is 13.2. The lowest BCUT2D eigenvalue weighted by atomic mass is 10.1. The quantitative estimate of drug-likeness (QED) is 0.804. The van der Waals surface area contributed by atoms with Crippen LogP contribution >= 0.6 is 0 Å². The van der Waals surface area contributed by atoms with Crippen LogP contribution < -0.4 is 0 Å². The third-order valence-corrected chi connectivity index (χ3v) is 3.89. The van der Waals surface area contributed by atoms with Crippen LogP contribution in [0.1, 0.15) is 23.7 Å². The van der Waals surface area contributed by atoms with E-state index in [1.165, 1.54) is 5.56 Å². The van der Waals surface area contributed by atoms with Gasteiger partial charge in [-0.05, 0) is 19.4 Å². The fourth-order valence-corrected chi connectivity index (χ4v) is 2.55. The maximum Gasteiger partial charge on any atom is 0.275 e. The number of hydrogen-bond acceptors (Lipinski definition) is 5. The van der Waals surface area contributed by atoms with Crippen molar-refractivity contribution in [1.82, 2.24) is 20.3 Å². The minimum atomic E-state index is 0.233. The second kappa shape index (κ2) is 5.38. The van der Waals surface area contributed by atoms with E-state index in [9.17, 15) is 0 Å². The molecule has 1 N–H and O–H groups in total. The molecule has 112 valence electrons. The molecule has 3 heterocycles. The Kier molecular flexibility index (Phi) is 3.23. The molecule has 1 aliphatic heterocycles. The van der Waals surface area contributed by atoms with Gasteiger partial charge in [-0.1, -0.05) is 35.0 Å². The first-order chi connectivity index (χ1) is 10.8. The highest BCUT2D eigenvalue weighted by Gasteiger charge is 2.24. The number of H-pyrrole nitrogens is 1. The number of nitrogens with one attached hydrogen (secondary N) is 1. The van der Waals surface area contributed by atoms with Gasteiger partial charge in [-0.15, -0.1) is 0 Å². The molecule has 3 aromatic rings. The number of benzene rings is 1. The summed E-state index contributed by atoms with van der Waals surface area (Å²) in [6.45, 7) is 3.49. The number of hydrogen-bond donors (Lipinski definition) is 1. The van der Waals surface area contributed by atoms with Gasteiger partial charge in [0.2, 0.25) is 0 Å². The van der Waals surface area contributed by atoms with Crippen molar-refractivity contribution in [2.24, 2.45) is 0 Å². The van der Waals surface area contributed by atoms with Crippen molar-refractivity contribution in [1.29, 1.82) is 0 Å². The average molecular weight is 296 g/mol. The van der Waals surface area contributed by atoms with Crippen molar-refractivity contribution in [2.75, 3.05) is 13.2 Å². The lowest BCUT2D eigenvalue weighted by Gasteiger charge is -1.97. The fraction of sp³-hybridized carbons (Fsp3) is 0.312. The van der Waals surface area contributed by atoms with Gasteiger partial charge < -0.3 is 9.26 Å². The van der Waals surface area contributed by atoms with Gasteiger partial charge >= 0.3 is 0 Å². The number of aromatic nitrogens is 4. The number of aryl methyl sites for hydroxylation is 1. The molecule has 0 saturated carbocycles. The Hall–Kier alpha value is -2.47. The Morgan fingerprint density at radius 3 is 2.86 bits per heavy atom. The first-order valence-corrected chi connectivity index (χ1v) is 7.34. The maximum absolute atomic E-state index is 5.36. The van der Waals surface area contributed by atoms with Crippen molar-refractivity contribution in [3.63, 3.8) is 0 Å². The second-order valence-corrected chi connectivity index (χ2v) is 5.55. The van der Waals surface area contributed by atoms with Crippen LogP contribution in [-0.2, 0) is 4.74 Å². The van der Waals surface area contributed by atoms with E-state index in [0.29, 0.717) is 18.3 Å². The van der Waals surface area contributed by atoms with Crippen LogP contribution in [0.2, 0.25) is 0 Å². The van der Waals surface area contributed by atoms with E-state index in [1.54, 1.807) is 0 Å². The van der Waals surface area contributed by atoms with E-state index >= 15 is 0 Å². The molecule has 6 nitrogen and oxygen atoms in total. The van der Waals surface area contributed by atoms with Gasteiger partial charge in [-0.2, -0.15) is 10.1 Å². The molecule has 1 fully saturated rings. The summed E-state index contributed by atoms with van der Waals surface area (Å²) in [5, 5.41) is 11.3. The van der Waals surface area contributed by atoms with E-state index in [4.69, 9.17) is 9.26 Å². The predicted octanol–water partition coefficient (Wildman–Crippen LogP) is 2.94. The van der Waals surface area contributed by atoms with Crippen LogP contribution in [0.3, 0.4) is 0 Å². The normalized spacial score (nSPS) is 18.0. The van der Waals surface area contributed by atoms with Crippen LogP contribution in [0, 0.1) is 6.92 Å². The summed E-state index contributed by atoms with van der Waals surface area (Å²) < 4.78 is 10.7. The van der Waals surface area contributed by atoms with Crippen molar-refractivity contribution < 1.29 is 9.26 Å². The number of rotatable bonds is 3. The smallest absolute Gasteiger partial charge is 0.275 e. The van der Waals surface area contributed by atoms with Crippen LogP contribution in [0.25, 0.3) is 22.8 Å². The van der Waals surface area contributed by atoms with E-state index in [-0.39, 0.29) is 5.92 Å². The molecule has 0 spiro atoms. The summed E-state index contributed by atoms with van der Waals surface area (Å²) >= 11 is 0. The van der Waals surface area contributed by atoms with Crippen LogP contribution in [0.15, 0.2) is 34.9 Å². The standard InChI is InChI=1S/C16H16N4O2/c1-10-2-4-11(5-3-10)13-8-14(19-18-13)16-17-15(20-22-16)12-6-7-21-9-12/h2-5,8,12H,6-7,9H2,1H3,(H,18,19)/t12-/m0/s1. The fourth-order valence-electron chi connectivity index (χ4n) is 2.55. The van der Waals surface area contributed by atoms with Gasteiger partial charge in [0.1, 0.15) is 5.69 Å². The second-order valence-electron chi connectivity index (χ2n) is 5.55. The van der Waals surface area contributed by atoms with Gasteiger partial charge in [-0.25, -0.2) is 0 Å². The Bertz CT molecular complexity index is 770. The van der Waals surface area contributed by atoms with Gasteiger partial charge in [-0.3, -0.25) is 5.10 Å². The van der Waals surface area contributed by atoms with Crippen LogP contribution in [0.5, 0.6) is 0 Å². The average Bonchev–Trinajstić information content (AvgIpc) is 3.27. The van der Waals surface area contributed by atoms with E-state index < -0.39 is 0 Å². The van der Waals surface area contributed by atoms with Gasteiger partial charge in [0, 0.05) is 18.1 Å². The molecule has 0 amide bonds. The maximum atomic E-state index is 5.36. The zero-order chi connectivity index (χ0) is 14.9. The zero-order valence-corrected chi connectivity index (χ0v) is 12.2. The molecule has 1 aliphatic rings. The Balaban J connectivity index is 1.59. The predicted molar refractivity (Wildman–Crippen MR) is 80.2 cm³/mol. The van der Waals surface area contributed by atoms with Crippen molar-refractivity contribution in [3.8, 4) is 22.8 Å². The molecule has 6 heteroatoms. The SMILES string of the molecule is Cc1ccc(-c2cc(-c3nc([C@H]4CCOC4)no3)[nH]n2)cc1. The molecular weight excluding hydrogens is 280 g/mol. The Labute approximate surface area is 127 Å². The summed E-state index contributed by atoms with van der Waals surface area (Å²) in [5.41, 5.74) is 3.86. The highest BCUT2D eigenvalue weighted by molar-refractivity contribution is 5.64. The van der Waals surface area contributed by atoms with Crippen LogP contribution in [0.4, 0.5) is 0 Å². The molecule has 0 aliphatic carbocycles. The van der Waals surface area contributed by atoms with E-state index in [1.807, 2.05) is 18.2 Å². The summed E-state index contributed by atoms with van der Waals surface area (Å²) in [5.74, 6) is 1.41. The number of ether oxygens (including phenoxy) is 1.